The van der Waals surface area contributed by atoms with E-state index in [9.17, 15) is 25.2 Å². The summed E-state index contributed by atoms with van der Waals surface area (Å²) in [6, 6.07) is 13.1. The molecule has 2 unspecified atom stereocenters. The highest BCUT2D eigenvalue weighted by Crippen LogP contribution is 2.38. The normalized spacial score (nSPS) is 23.4. The Hall–Kier alpha value is -3.41. The molecule has 6 N–H and O–H groups in total. The molecular weight excluding hydrogens is 478 g/mol. The number of rotatable bonds is 8. The predicted molar refractivity (Wildman–Crippen MR) is 136 cm³/mol. The Balaban J connectivity index is 1.42. The molecule has 10 heteroatoms. The number of aromatic nitrogens is 2. The van der Waals surface area contributed by atoms with E-state index >= 15 is 0 Å². The molecule has 1 aliphatic rings. The maximum Gasteiger partial charge on any atom is 0.258 e. The van der Waals surface area contributed by atoms with Gasteiger partial charge in [0.1, 0.15) is 18.0 Å². The Kier molecular flexibility index (Phi) is 6.47. The number of aliphatic hydroxyl groups excluding tert-OH is 2. The first-order valence-corrected chi connectivity index (χ1v) is 12.1. The first kappa shape index (κ1) is 25.2. The lowest BCUT2D eigenvalue weighted by Gasteiger charge is -2.40. The average molecular weight is 510 g/mol. The number of para-hydroxylation sites is 1. The minimum absolute atomic E-state index is 0.134. The van der Waals surface area contributed by atoms with E-state index in [0.29, 0.717) is 17.7 Å². The number of aryl methyl sites for hydroxylation is 1. The molecule has 2 aromatic carbocycles. The number of methoxy groups -OCH3 is 1. The molecule has 4 atom stereocenters. The molecule has 1 fully saturated rings. The molecule has 0 spiro atoms. The van der Waals surface area contributed by atoms with E-state index in [0.717, 1.165) is 27.4 Å². The molecule has 0 saturated carbocycles. The van der Waals surface area contributed by atoms with Gasteiger partial charge in [-0.3, -0.25) is 4.79 Å². The molecule has 3 heterocycles. The SMILES string of the molecule is COc1ccc2[nH]cc(CCNC(=O)[C@](O)(Cc3cn(C)c4ccccc34)[C@@]3(O)OCC(O)C3O)c2c1. The maximum absolute atomic E-state index is 13.5. The van der Waals surface area contributed by atoms with E-state index in [1.165, 1.54) is 0 Å². The van der Waals surface area contributed by atoms with Crippen molar-refractivity contribution in [3.63, 3.8) is 0 Å². The number of nitrogens with one attached hydrogen (secondary N) is 2. The molecule has 0 radical (unpaired) electrons. The first-order chi connectivity index (χ1) is 17.7. The van der Waals surface area contributed by atoms with Gasteiger partial charge >= 0.3 is 0 Å². The van der Waals surface area contributed by atoms with E-state index in [2.05, 4.69) is 10.3 Å². The number of carbonyl (C=O) groups is 1. The van der Waals surface area contributed by atoms with Gasteiger partial charge in [-0.15, -0.1) is 0 Å². The summed E-state index contributed by atoms with van der Waals surface area (Å²) in [4.78, 5) is 16.7. The Morgan fingerprint density at radius 1 is 1.24 bits per heavy atom. The summed E-state index contributed by atoms with van der Waals surface area (Å²) < 4.78 is 12.4. The number of H-pyrrole nitrogens is 1. The molecule has 1 saturated heterocycles. The number of hydrogen-bond acceptors (Lipinski definition) is 7. The van der Waals surface area contributed by atoms with Crippen molar-refractivity contribution in [3.05, 3.63) is 66.0 Å². The molecule has 5 rings (SSSR count). The van der Waals surface area contributed by atoms with Crippen LogP contribution in [0.15, 0.2) is 54.9 Å². The smallest absolute Gasteiger partial charge is 0.258 e. The van der Waals surface area contributed by atoms with Crippen molar-refractivity contribution in [2.45, 2.75) is 36.4 Å². The van der Waals surface area contributed by atoms with Crippen LogP contribution in [0.1, 0.15) is 11.1 Å². The van der Waals surface area contributed by atoms with Crippen LogP contribution in [0.4, 0.5) is 0 Å². The molecule has 2 aromatic heterocycles. The van der Waals surface area contributed by atoms with Gasteiger partial charge in [0.25, 0.3) is 5.91 Å². The third-order valence-electron chi connectivity index (χ3n) is 7.29. The van der Waals surface area contributed by atoms with Crippen molar-refractivity contribution < 1.29 is 34.7 Å². The van der Waals surface area contributed by atoms with Crippen molar-refractivity contribution in [2.75, 3.05) is 20.3 Å². The lowest BCUT2D eigenvalue weighted by Crippen LogP contribution is -2.68. The van der Waals surface area contributed by atoms with Gasteiger partial charge in [0.2, 0.25) is 11.4 Å². The van der Waals surface area contributed by atoms with Gasteiger partial charge in [-0.25, -0.2) is 0 Å². The fraction of sp³-hybridized carbons (Fsp3) is 0.370. The summed E-state index contributed by atoms with van der Waals surface area (Å²) in [6.07, 6.45) is 0.311. The van der Waals surface area contributed by atoms with Gasteiger partial charge in [0, 0.05) is 54.2 Å². The average Bonchev–Trinajstić information content (AvgIpc) is 3.54. The maximum atomic E-state index is 13.5. The number of benzene rings is 2. The van der Waals surface area contributed by atoms with E-state index in [4.69, 9.17) is 9.47 Å². The number of hydrogen-bond donors (Lipinski definition) is 6. The molecule has 37 heavy (non-hydrogen) atoms. The fourth-order valence-corrected chi connectivity index (χ4v) is 5.17. The first-order valence-electron chi connectivity index (χ1n) is 12.1. The molecule has 10 nitrogen and oxygen atoms in total. The zero-order valence-corrected chi connectivity index (χ0v) is 20.6. The minimum atomic E-state index is -2.72. The number of aromatic amines is 1. The molecule has 0 bridgehead atoms. The van der Waals surface area contributed by atoms with Crippen LogP contribution in [-0.2, 0) is 29.4 Å². The second-order valence-electron chi connectivity index (χ2n) is 9.57. The van der Waals surface area contributed by atoms with Crippen LogP contribution in [0.5, 0.6) is 5.75 Å². The highest BCUT2D eigenvalue weighted by Gasteiger charge is 2.65. The Morgan fingerprint density at radius 2 is 2.03 bits per heavy atom. The lowest BCUT2D eigenvalue weighted by molar-refractivity contribution is -0.297. The van der Waals surface area contributed by atoms with Gasteiger partial charge in [-0.2, -0.15) is 0 Å². The van der Waals surface area contributed by atoms with Crippen molar-refractivity contribution in [1.29, 1.82) is 0 Å². The van der Waals surface area contributed by atoms with Crippen LogP contribution in [-0.4, -0.2) is 79.7 Å². The molecular formula is C27H31N3O7. The highest BCUT2D eigenvalue weighted by molar-refractivity contribution is 5.90. The Bertz CT molecular complexity index is 1450. The Morgan fingerprint density at radius 3 is 2.76 bits per heavy atom. The predicted octanol–water partition coefficient (Wildman–Crippen LogP) is 0.741. The summed E-state index contributed by atoms with van der Waals surface area (Å²) in [5.74, 6) is -2.94. The summed E-state index contributed by atoms with van der Waals surface area (Å²) in [7, 11) is 3.42. The second kappa shape index (κ2) is 9.47. The van der Waals surface area contributed by atoms with E-state index < -0.39 is 36.1 Å². The fourth-order valence-electron chi connectivity index (χ4n) is 5.17. The van der Waals surface area contributed by atoms with Gasteiger partial charge < -0.3 is 44.8 Å². The summed E-state index contributed by atoms with van der Waals surface area (Å²) in [6.45, 7) is -0.296. The largest absolute Gasteiger partial charge is 0.497 e. The Labute approximate surface area is 213 Å². The number of carbonyl (C=O) groups excluding carboxylic acids is 1. The lowest BCUT2D eigenvalue weighted by atomic mass is 9.81. The number of amides is 1. The van der Waals surface area contributed by atoms with Crippen molar-refractivity contribution in [1.82, 2.24) is 14.9 Å². The third kappa shape index (κ3) is 4.16. The molecule has 0 aliphatic carbocycles. The number of nitrogens with zero attached hydrogens (tertiary/aromatic N) is 1. The quantitative estimate of drug-likeness (QED) is 0.205. The highest BCUT2D eigenvalue weighted by atomic mass is 16.7. The minimum Gasteiger partial charge on any atom is -0.497 e. The zero-order valence-electron chi connectivity index (χ0n) is 20.6. The van der Waals surface area contributed by atoms with Crippen LogP contribution in [0.3, 0.4) is 0 Å². The number of aliphatic hydroxyl groups is 4. The van der Waals surface area contributed by atoms with Crippen LogP contribution in [0.25, 0.3) is 21.8 Å². The molecule has 1 aliphatic heterocycles. The van der Waals surface area contributed by atoms with Gasteiger partial charge in [-0.1, -0.05) is 18.2 Å². The topological polar surface area (TPSA) is 149 Å². The van der Waals surface area contributed by atoms with Crippen LogP contribution in [0.2, 0.25) is 0 Å². The number of fused-ring (bicyclic) bond motifs is 2. The van der Waals surface area contributed by atoms with Crippen LogP contribution in [0, 0.1) is 0 Å². The zero-order chi connectivity index (χ0) is 26.4. The summed E-state index contributed by atoms with van der Waals surface area (Å²) in [5.41, 5.74) is 0.691. The van der Waals surface area contributed by atoms with Gasteiger partial charge in [0.05, 0.1) is 13.7 Å². The third-order valence-corrected chi connectivity index (χ3v) is 7.29. The van der Waals surface area contributed by atoms with E-state index in [-0.39, 0.29) is 13.0 Å². The number of ether oxygens (including phenoxy) is 2. The van der Waals surface area contributed by atoms with Gasteiger partial charge in [0.15, 0.2) is 0 Å². The van der Waals surface area contributed by atoms with Crippen molar-refractivity contribution >= 4 is 27.7 Å². The monoisotopic (exact) mass is 509 g/mol. The van der Waals surface area contributed by atoms with Crippen LogP contribution >= 0.6 is 0 Å². The van der Waals surface area contributed by atoms with E-state index in [1.807, 2.05) is 60.3 Å². The molecule has 196 valence electrons. The van der Waals surface area contributed by atoms with Crippen LogP contribution < -0.4 is 10.1 Å². The van der Waals surface area contributed by atoms with Crippen molar-refractivity contribution in [3.8, 4) is 5.75 Å². The molecule has 1 amide bonds. The summed E-state index contributed by atoms with van der Waals surface area (Å²) in [5, 5.41) is 48.1. The molecule has 4 aromatic rings. The van der Waals surface area contributed by atoms with Gasteiger partial charge in [-0.05, 0) is 41.8 Å². The standard InChI is InChI=1S/C27H31N3O7/c1-30-14-17(19-5-3-4-6-22(19)30)12-26(34,27(35)24(32)23(31)15-37-27)25(33)28-10-9-16-13-29-21-8-7-18(36-2)11-20(16)21/h3-8,11,13-14,23-24,29,31-32,34-35H,9-10,12,15H2,1-2H3,(H,28,33)/t23?,24?,26-,27+/m1/s1. The summed E-state index contributed by atoms with van der Waals surface area (Å²) >= 11 is 0. The van der Waals surface area contributed by atoms with Crippen molar-refractivity contribution in [2.24, 2.45) is 7.05 Å². The van der Waals surface area contributed by atoms with E-state index in [1.54, 1.807) is 13.3 Å². The second-order valence-corrected chi connectivity index (χ2v) is 9.57.